The summed E-state index contributed by atoms with van der Waals surface area (Å²) in [6.07, 6.45) is 1.11. The summed E-state index contributed by atoms with van der Waals surface area (Å²) in [6, 6.07) is 8.70. The highest BCUT2D eigenvalue weighted by atomic mass is 35.5. The van der Waals surface area contributed by atoms with Crippen molar-refractivity contribution in [1.82, 2.24) is 5.32 Å². The third-order valence-electron chi connectivity index (χ3n) is 4.22. The number of anilines is 1. The van der Waals surface area contributed by atoms with Crippen LogP contribution in [0, 0.1) is 10.1 Å². The lowest BCUT2D eigenvalue weighted by atomic mass is 10.0. The number of thiocarbonyl (C=S) groups is 1. The fourth-order valence-electron chi connectivity index (χ4n) is 2.80. The van der Waals surface area contributed by atoms with Gasteiger partial charge in [-0.25, -0.2) is 0 Å². The Morgan fingerprint density at radius 2 is 1.73 bits per heavy atom. The second-order valence-electron chi connectivity index (χ2n) is 5.96. The average Bonchev–Trinajstić information content (AvgIpc) is 2.71. The first-order valence-corrected chi connectivity index (χ1v) is 9.13. The third kappa shape index (κ3) is 3.95. The standard InChI is InChI=1S/C19H14ClN3O6S/c1-28-15-8-10(14(23(26)27)9-16(15)29-2)7-13-17(24)21-19(30)22(18(13)25)12-5-3-11(20)4-6-12/h3-9H,1-2H3,(H,21,24,30)/b13-7-. The zero-order valence-electron chi connectivity index (χ0n) is 15.7. The summed E-state index contributed by atoms with van der Waals surface area (Å²) >= 11 is 11.0. The van der Waals surface area contributed by atoms with Crippen LogP contribution in [0.15, 0.2) is 42.0 Å². The van der Waals surface area contributed by atoms with Gasteiger partial charge < -0.3 is 9.47 Å². The maximum absolute atomic E-state index is 13.0. The lowest BCUT2D eigenvalue weighted by Gasteiger charge is -2.28. The van der Waals surface area contributed by atoms with Gasteiger partial charge >= 0.3 is 0 Å². The Morgan fingerprint density at radius 3 is 2.30 bits per heavy atom. The molecule has 0 unspecified atom stereocenters. The molecule has 1 N–H and O–H groups in total. The molecule has 1 saturated heterocycles. The van der Waals surface area contributed by atoms with Crippen LogP contribution in [0.3, 0.4) is 0 Å². The fourth-order valence-corrected chi connectivity index (χ4v) is 3.20. The lowest BCUT2D eigenvalue weighted by molar-refractivity contribution is -0.385. The number of methoxy groups -OCH3 is 2. The number of ether oxygens (including phenoxy) is 2. The number of nitrogens with one attached hydrogen (secondary N) is 1. The number of nitro groups is 1. The van der Waals surface area contributed by atoms with Crippen LogP contribution >= 0.6 is 23.8 Å². The number of halogens is 1. The van der Waals surface area contributed by atoms with Gasteiger partial charge in [0.15, 0.2) is 16.6 Å². The van der Waals surface area contributed by atoms with Gasteiger partial charge in [0.05, 0.1) is 36.5 Å². The molecule has 1 heterocycles. The molecule has 1 fully saturated rings. The Hall–Kier alpha value is -3.50. The van der Waals surface area contributed by atoms with E-state index in [2.05, 4.69) is 5.32 Å². The largest absolute Gasteiger partial charge is 0.493 e. The van der Waals surface area contributed by atoms with Gasteiger partial charge in [0, 0.05) is 5.02 Å². The van der Waals surface area contributed by atoms with Gasteiger partial charge in [0.1, 0.15) is 5.57 Å². The van der Waals surface area contributed by atoms with Crippen molar-refractivity contribution >= 4 is 58.2 Å². The molecular formula is C19H14ClN3O6S. The quantitative estimate of drug-likeness (QED) is 0.246. The van der Waals surface area contributed by atoms with E-state index in [1.165, 1.54) is 20.3 Å². The molecule has 2 amide bonds. The summed E-state index contributed by atoms with van der Waals surface area (Å²) in [4.78, 5) is 37.5. The Morgan fingerprint density at radius 1 is 1.13 bits per heavy atom. The minimum absolute atomic E-state index is 0.0139. The number of amides is 2. The summed E-state index contributed by atoms with van der Waals surface area (Å²) < 4.78 is 10.2. The van der Waals surface area contributed by atoms with Gasteiger partial charge in [-0.05, 0) is 48.6 Å². The Labute approximate surface area is 181 Å². The molecule has 1 aliphatic rings. The molecular weight excluding hydrogens is 434 g/mol. The van der Waals surface area contributed by atoms with Crippen LogP contribution in [0.1, 0.15) is 5.56 Å². The van der Waals surface area contributed by atoms with Gasteiger partial charge in [-0.1, -0.05) is 11.6 Å². The first-order chi connectivity index (χ1) is 14.3. The monoisotopic (exact) mass is 447 g/mol. The van der Waals surface area contributed by atoms with Crippen LogP contribution < -0.4 is 19.7 Å². The van der Waals surface area contributed by atoms with E-state index in [1.54, 1.807) is 24.3 Å². The normalized spacial score (nSPS) is 15.2. The lowest BCUT2D eigenvalue weighted by Crippen LogP contribution is -2.54. The van der Waals surface area contributed by atoms with Crippen molar-refractivity contribution < 1.29 is 24.0 Å². The van der Waals surface area contributed by atoms with E-state index < -0.39 is 16.7 Å². The summed E-state index contributed by atoms with van der Waals surface area (Å²) in [7, 11) is 2.70. The van der Waals surface area contributed by atoms with Gasteiger partial charge in [0.2, 0.25) is 0 Å². The second kappa shape index (κ2) is 8.47. The predicted octanol–water partition coefficient (Wildman–Crippen LogP) is 3.10. The number of nitrogens with zero attached hydrogens (tertiary/aromatic N) is 2. The smallest absolute Gasteiger partial charge is 0.280 e. The molecule has 0 aliphatic carbocycles. The Bertz CT molecular complexity index is 1100. The number of rotatable bonds is 5. The number of nitro benzene ring substituents is 1. The Balaban J connectivity index is 2.12. The topological polar surface area (TPSA) is 111 Å². The van der Waals surface area contributed by atoms with Crippen molar-refractivity contribution in [2.24, 2.45) is 0 Å². The first kappa shape index (κ1) is 21.2. The molecule has 0 spiro atoms. The van der Waals surface area contributed by atoms with Crippen LogP contribution in [0.25, 0.3) is 6.08 Å². The number of benzene rings is 2. The van der Waals surface area contributed by atoms with E-state index in [4.69, 9.17) is 33.3 Å². The zero-order valence-corrected chi connectivity index (χ0v) is 17.2. The van der Waals surface area contributed by atoms with Crippen molar-refractivity contribution in [3.8, 4) is 11.5 Å². The van der Waals surface area contributed by atoms with Crippen molar-refractivity contribution in [3.05, 3.63) is 62.7 Å². The van der Waals surface area contributed by atoms with Gasteiger partial charge in [0.25, 0.3) is 17.5 Å². The molecule has 0 atom stereocenters. The van der Waals surface area contributed by atoms with Crippen LogP contribution in [0.5, 0.6) is 11.5 Å². The van der Waals surface area contributed by atoms with Crippen LogP contribution in [0.2, 0.25) is 5.02 Å². The highest BCUT2D eigenvalue weighted by Gasteiger charge is 2.35. The summed E-state index contributed by atoms with van der Waals surface area (Å²) in [5.74, 6) is -1.19. The minimum atomic E-state index is -0.778. The fraction of sp³-hybridized carbons (Fsp3) is 0.105. The second-order valence-corrected chi connectivity index (χ2v) is 6.78. The van der Waals surface area contributed by atoms with Crippen molar-refractivity contribution in [3.63, 3.8) is 0 Å². The number of hydrogen-bond donors (Lipinski definition) is 1. The van der Waals surface area contributed by atoms with E-state index in [1.807, 2.05) is 0 Å². The molecule has 3 rings (SSSR count). The molecule has 30 heavy (non-hydrogen) atoms. The minimum Gasteiger partial charge on any atom is -0.493 e. The molecule has 154 valence electrons. The van der Waals surface area contributed by atoms with Gasteiger partial charge in [-0.15, -0.1) is 0 Å². The third-order valence-corrected chi connectivity index (χ3v) is 4.75. The van der Waals surface area contributed by atoms with E-state index >= 15 is 0 Å². The highest BCUT2D eigenvalue weighted by molar-refractivity contribution is 7.80. The van der Waals surface area contributed by atoms with Crippen molar-refractivity contribution in [2.75, 3.05) is 19.1 Å². The Kier molecular flexibility index (Phi) is 5.99. The summed E-state index contributed by atoms with van der Waals surface area (Å²) in [5.41, 5.74) is -0.344. The van der Waals surface area contributed by atoms with E-state index in [0.29, 0.717) is 10.7 Å². The molecule has 0 radical (unpaired) electrons. The molecule has 2 aromatic rings. The van der Waals surface area contributed by atoms with Crippen LogP contribution in [-0.4, -0.2) is 36.1 Å². The molecule has 11 heteroatoms. The van der Waals surface area contributed by atoms with E-state index in [0.717, 1.165) is 17.0 Å². The van der Waals surface area contributed by atoms with Crippen LogP contribution in [-0.2, 0) is 9.59 Å². The van der Waals surface area contributed by atoms with Crippen molar-refractivity contribution in [2.45, 2.75) is 0 Å². The SMILES string of the molecule is COc1cc(/C=C2/C(=O)NC(=S)N(c3ccc(Cl)cc3)C2=O)c([N+](=O)[O-])cc1OC. The molecule has 1 aliphatic heterocycles. The average molecular weight is 448 g/mol. The highest BCUT2D eigenvalue weighted by Crippen LogP contribution is 2.36. The molecule has 0 bridgehead atoms. The van der Waals surface area contributed by atoms with E-state index in [-0.39, 0.29) is 33.4 Å². The molecule has 0 aromatic heterocycles. The zero-order chi connectivity index (χ0) is 22.0. The predicted molar refractivity (Wildman–Crippen MR) is 114 cm³/mol. The van der Waals surface area contributed by atoms with Gasteiger partial charge in [-0.3, -0.25) is 29.9 Å². The summed E-state index contributed by atoms with van der Waals surface area (Å²) in [6.45, 7) is 0. The maximum Gasteiger partial charge on any atom is 0.280 e. The number of carbonyl (C=O) groups excluding carboxylic acids is 2. The summed E-state index contributed by atoms with van der Waals surface area (Å²) in [5, 5.41) is 14.3. The molecule has 2 aromatic carbocycles. The first-order valence-electron chi connectivity index (χ1n) is 8.34. The van der Waals surface area contributed by atoms with Crippen LogP contribution in [0.4, 0.5) is 11.4 Å². The van der Waals surface area contributed by atoms with Crippen molar-refractivity contribution in [1.29, 1.82) is 0 Å². The maximum atomic E-state index is 13.0. The van der Waals surface area contributed by atoms with Gasteiger partial charge in [-0.2, -0.15) is 0 Å². The van der Waals surface area contributed by atoms with E-state index in [9.17, 15) is 19.7 Å². The number of carbonyl (C=O) groups is 2. The molecule has 9 nitrogen and oxygen atoms in total. The number of hydrogen-bond acceptors (Lipinski definition) is 7. The molecule has 0 saturated carbocycles.